The number of anilines is 1. The van der Waals surface area contributed by atoms with Crippen LogP contribution in [0.15, 0.2) is 30.3 Å². The van der Waals surface area contributed by atoms with E-state index in [1.165, 1.54) is 33.0 Å². The third kappa shape index (κ3) is 6.24. The van der Waals surface area contributed by atoms with Crippen LogP contribution >= 0.6 is 8.58 Å². The Morgan fingerprint density at radius 1 is 0.935 bits per heavy atom. The Bertz CT molecular complexity index is 874. The summed E-state index contributed by atoms with van der Waals surface area (Å²) in [6.07, 6.45) is 0. The first-order valence-corrected chi connectivity index (χ1v) is 12.4. The molecular weight excluding hydrogens is 401 g/mol. The van der Waals surface area contributed by atoms with Crippen molar-refractivity contribution in [2.24, 2.45) is 0 Å². The highest BCUT2D eigenvalue weighted by Crippen LogP contribution is 2.38. The van der Waals surface area contributed by atoms with Crippen LogP contribution in [0.5, 0.6) is 5.75 Å². The normalized spacial score (nSPS) is 12.6. The van der Waals surface area contributed by atoms with Gasteiger partial charge in [-0.2, -0.15) is 0 Å². The van der Waals surface area contributed by atoms with Crippen molar-refractivity contribution >= 4 is 24.9 Å². The van der Waals surface area contributed by atoms with Gasteiger partial charge in [0, 0.05) is 42.1 Å². The average molecular weight is 444 g/mol. The summed E-state index contributed by atoms with van der Waals surface area (Å²) < 4.78 is 11.6. The van der Waals surface area contributed by atoms with Crippen molar-refractivity contribution in [3.63, 3.8) is 0 Å². The van der Waals surface area contributed by atoms with Gasteiger partial charge in [-0.05, 0) is 54.9 Å². The van der Waals surface area contributed by atoms with Gasteiger partial charge in [0.25, 0.3) is 0 Å². The van der Waals surface area contributed by atoms with E-state index in [4.69, 9.17) is 9.47 Å². The molecule has 0 bridgehead atoms. The topological polar surface area (TPSA) is 21.7 Å². The van der Waals surface area contributed by atoms with Crippen molar-refractivity contribution in [3.05, 3.63) is 47.0 Å². The van der Waals surface area contributed by atoms with Gasteiger partial charge >= 0.3 is 0 Å². The van der Waals surface area contributed by atoms with Crippen LogP contribution in [0, 0.1) is 6.92 Å². The minimum atomic E-state index is -0.0308. The van der Waals surface area contributed by atoms with Gasteiger partial charge in [-0.1, -0.05) is 68.3 Å². The SMILES string of the molecule is CCN(CC)c1cccc(C)c1Pc1cc(C(C)(C)C)cc(C(C)(C)C)c1OCOC. The first-order chi connectivity index (χ1) is 14.4. The fourth-order valence-corrected chi connectivity index (χ4v) is 5.23. The monoisotopic (exact) mass is 443 g/mol. The highest BCUT2D eigenvalue weighted by Gasteiger charge is 2.27. The van der Waals surface area contributed by atoms with E-state index in [0.717, 1.165) is 18.8 Å². The molecule has 0 N–H and O–H groups in total. The Kier molecular flexibility index (Phi) is 8.59. The molecule has 1 unspecified atom stereocenters. The summed E-state index contributed by atoms with van der Waals surface area (Å²) in [7, 11) is 2.19. The molecule has 1 atom stereocenters. The van der Waals surface area contributed by atoms with Crippen LogP contribution in [0.1, 0.15) is 72.1 Å². The lowest BCUT2D eigenvalue weighted by atomic mass is 9.80. The second kappa shape index (κ2) is 10.4. The fourth-order valence-electron chi connectivity index (χ4n) is 3.76. The lowest BCUT2D eigenvalue weighted by Crippen LogP contribution is -2.28. The molecule has 0 aliphatic carbocycles. The zero-order valence-electron chi connectivity index (χ0n) is 21.3. The first-order valence-electron chi connectivity index (χ1n) is 11.4. The summed E-state index contributed by atoms with van der Waals surface area (Å²) in [6, 6.07) is 11.4. The predicted octanol–water partition coefficient (Wildman–Crippen LogP) is 6.05. The minimum Gasteiger partial charge on any atom is -0.467 e. The van der Waals surface area contributed by atoms with E-state index in [1.54, 1.807) is 7.11 Å². The Labute approximate surface area is 192 Å². The summed E-state index contributed by atoms with van der Waals surface area (Å²) in [6.45, 7) is 22.6. The standard InChI is InChI=1S/C27H42NO2P/c1-11-28(12-2)22-15-13-14-19(3)25(22)31-23-17-20(26(4,5)6)16-21(27(7,8)9)24(23)30-18-29-10/h13-17,31H,11-12,18H2,1-10H3. The maximum atomic E-state index is 6.25. The molecule has 172 valence electrons. The molecule has 31 heavy (non-hydrogen) atoms. The summed E-state index contributed by atoms with van der Waals surface area (Å²) in [4.78, 5) is 2.45. The van der Waals surface area contributed by atoms with E-state index in [0.29, 0.717) is 8.58 Å². The minimum absolute atomic E-state index is 0.0308. The molecule has 0 heterocycles. The summed E-state index contributed by atoms with van der Waals surface area (Å²) in [5.41, 5.74) is 5.29. The average Bonchev–Trinajstić information content (AvgIpc) is 2.68. The molecule has 0 saturated carbocycles. The molecule has 0 aliphatic heterocycles. The van der Waals surface area contributed by atoms with Crippen LogP contribution < -0.4 is 20.2 Å². The second-order valence-electron chi connectivity index (χ2n) is 10.2. The van der Waals surface area contributed by atoms with E-state index in [1.807, 2.05) is 0 Å². The van der Waals surface area contributed by atoms with E-state index in [-0.39, 0.29) is 17.6 Å². The number of benzene rings is 2. The largest absolute Gasteiger partial charge is 0.467 e. The van der Waals surface area contributed by atoms with Gasteiger partial charge in [0.2, 0.25) is 0 Å². The molecular formula is C27H42NO2P. The number of nitrogens with zero attached hydrogens (tertiary/aromatic N) is 1. The van der Waals surface area contributed by atoms with Crippen molar-refractivity contribution in [1.82, 2.24) is 0 Å². The Hall–Kier alpha value is -1.57. The maximum Gasteiger partial charge on any atom is 0.188 e. The molecule has 3 nitrogen and oxygen atoms in total. The number of hydrogen-bond donors (Lipinski definition) is 0. The fraction of sp³-hybridized carbons (Fsp3) is 0.556. The van der Waals surface area contributed by atoms with Crippen LogP contribution in [0.4, 0.5) is 5.69 Å². The first kappa shape index (κ1) is 25.7. The Morgan fingerprint density at radius 3 is 2.10 bits per heavy atom. The van der Waals surface area contributed by atoms with Gasteiger partial charge in [0.05, 0.1) is 0 Å². The third-order valence-corrected chi connectivity index (χ3v) is 7.24. The molecule has 0 aromatic heterocycles. The van der Waals surface area contributed by atoms with Crippen LogP contribution in [-0.2, 0) is 15.6 Å². The van der Waals surface area contributed by atoms with E-state index in [9.17, 15) is 0 Å². The lowest BCUT2D eigenvalue weighted by molar-refractivity contribution is 0.0506. The quantitative estimate of drug-likeness (QED) is 0.366. The summed E-state index contributed by atoms with van der Waals surface area (Å²) >= 11 is 0. The number of hydrogen-bond acceptors (Lipinski definition) is 3. The van der Waals surface area contributed by atoms with Crippen molar-refractivity contribution in [2.45, 2.75) is 73.1 Å². The molecule has 0 aliphatic rings. The highest BCUT2D eigenvalue weighted by molar-refractivity contribution is 7.56. The van der Waals surface area contributed by atoms with Gasteiger partial charge in [0.1, 0.15) is 5.75 Å². The Morgan fingerprint density at radius 2 is 1.58 bits per heavy atom. The van der Waals surface area contributed by atoms with Crippen LogP contribution in [0.25, 0.3) is 0 Å². The van der Waals surface area contributed by atoms with Crippen LogP contribution in [-0.4, -0.2) is 27.0 Å². The Balaban J connectivity index is 2.76. The molecule has 2 aromatic carbocycles. The summed E-state index contributed by atoms with van der Waals surface area (Å²) in [5, 5.41) is 2.66. The zero-order valence-corrected chi connectivity index (χ0v) is 22.3. The molecule has 0 amide bonds. The molecule has 2 aromatic rings. The molecule has 0 saturated heterocycles. The van der Waals surface area contributed by atoms with E-state index < -0.39 is 0 Å². The molecule has 2 rings (SSSR count). The summed E-state index contributed by atoms with van der Waals surface area (Å²) in [5.74, 6) is 0.981. The van der Waals surface area contributed by atoms with Gasteiger partial charge in [-0.25, -0.2) is 0 Å². The van der Waals surface area contributed by atoms with Gasteiger partial charge < -0.3 is 14.4 Å². The second-order valence-corrected chi connectivity index (χ2v) is 11.5. The molecule has 4 heteroatoms. The third-order valence-electron chi connectivity index (χ3n) is 5.70. The molecule has 0 spiro atoms. The van der Waals surface area contributed by atoms with Crippen molar-refractivity contribution in [2.75, 3.05) is 31.9 Å². The highest BCUT2D eigenvalue weighted by atomic mass is 31.1. The van der Waals surface area contributed by atoms with Crippen LogP contribution in [0.3, 0.4) is 0 Å². The smallest absolute Gasteiger partial charge is 0.188 e. The van der Waals surface area contributed by atoms with Crippen molar-refractivity contribution < 1.29 is 9.47 Å². The molecule has 0 fully saturated rings. The van der Waals surface area contributed by atoms with Crippen LogP contribution in [0.2, 0.25) is 0 Å². The molecule has 0 radical (unpaired) electrons. The zero-order chi connectivity index (χ0) is 23.4. The van der Waals surface area contributed by atoms with E-state index in [2.05, 4.69) is 97.5 Å². The number of aryl methyl sites for hydroxylation is 1. The van der Waals surface area contributed by atoms with Gasteiger partial charge in [-0.3, -0.25) is 0 Å². The van der Waals surface area contributed by atoms with Gasteiger partial charge in [0.15, 0.2) is 6.79 Å². The lowest BCUT2D eigenvalue weighted by Gasteiger charge is -2.30. The number of rotatable bonds is 8. The van der Waals surface area contributed by atoms with Crippen molar-refractivity contribution in [3.8, 4) is 5.75 Å². The maximum absolute atomic E-state index is 6.25. The van der Waals surface area contributed by atoms with E-state index >= 15 is 0 Å². The predicted molar refractivity (Wildman–Crippen MR) is 139 cm³/mol. The van der Waals surface area contributed by atoms with Crippen molar-refractivity contribution in [1.29, 1.82) is 0 Å². The number of methoxy groups -OCH3 is 1. The number of ether oxygens (including phenoxy) is 2. The van der Waals surface area contributed by atoms with Gasteiger partial charge in [-0.15, -0.1) is 0 Å².